The second-order valence-electron chi connectivity index (χ2n) is 5.97. The maximum absolute atomic E-state index is 12.4. The molecule has 0 amide bonds. The number of nitrogens with one attached hydrogen (secondary N) is 1. The normalized spacial score (nSPS) is 17.3. The van der Waals surface area contributed by atoms with Crippen molar-refractivity contribution in [3.8, 4) is 5.75 Å². The lowest BCUT2D eigenvalue weighted by atomic mass is 9.84. The number of nitrogens with two attached hydrogens (primary N) is 1. The molecule has 1 saturated carbocycles. The Balaban J connectivity index is 0.00000264. The van der Waals surface area contributed by atoms with Crippen LogP contribution in [0.3, 0.4) is 0 Å². The first kappa shape index (κ1) is 20.2. The summed E-state index contributed by atoms with van der Waals surface area (Å²) in [5.41, 5.74) is 6.52. The van der Waals surface area contributed by atoms with E-state index in [0.29, 0.717) is 23.8 Å². The fourth-order valence-corrected chi connectivity index (χ4v) is 4.58. The molecule has 2 rings (SSSR count). The first-order valence-corrected chi connectivity index (χ1v) is 9.52. The minimum atomic E-state index is -3.41. The number of halogens is 1. The highest BCUT2D eigenvalue weighted by Crippen LogP contribution is 2.26. The van der Waals surface area contributed by atoms with Gasteiger partial charge in [0, 0.05) is 12.6 Å². The number of benzene rings is 1. The van der Waals surface area contributed by atoms with Crippen LogP contribution in [0.4, 0.5) is 0 Å². The van der Waals surface area contributed by atoms with Gasteiger partial charge >= 0.3 is 0 Å². The summed E-state index contributed by atoms with van der Waals surface area (Å²) in [5, 5.41) is 0. The molecule has 0 bridgehead atoms. The van der Waals surface area contributed by atoms with Crippen molar-refractivity contribution in [2.75, 3.05) is 13.7 Å². The van der Waals surface area contributed by atoms with Gasteiger partial charge < -0.3 is 10.5 Å². The van der Waals surface area contributed by atoms with E-state index in [-0.39, 0.29) is 24.2 Å². The molecule has 0 radical (unpaired) electrons. The van der Waals surface area contributed by atoms with Crippen LogP contribution in [0.5, 0.6) is 5.75 Å². The Labute approximate surface area is 145 Å². The molecule has 1 aliphatic carbocycles. The van der Waals surface area contributed by atoms with Crippen molar-refractivity contribution in [3.63, 3.8) is 0 Å². The number of hydrogen-bond acceptors (Lipinski definition) is 4. The lowest BCUT2D eigenvalue weighted by Crippen LogP contribution is -2.46. The molecule has 132 valence electrons. The number of hydrogen-bond donors (Lipinski definition) is 2. The van der Waals surface area contributed by atoms with Crippen molar-refractivity contribution in [2.45, 2.75) is 43.9 Å². The highest BCUT2D eigenvalue weighted by atomic mass is 35.5. The molecule has 0 aliphatic heterocycles. The van der Waals surface area contributed by atoms with Crippen molar-refractivity contribution in [1.82, 2.24) is 4.72 Å². The largest absolute Gasteiger partial charge is 0.497 e. The molecule has 1 aromatic carbocycles. The molecular weight excluding hydrogens is 336 g/mol. The van der Waals surface area contributed by atoms with E-state index >= 15 is 0 Å². The fraction of sp³-hybridized carbons (Fsp3) is 0.625. The highest BCUT2D eigenvalue weighted by Gasteiger charge is 2.26. The molecule has 0 heterocycles. The average Bonchev–Trinajstić information content (AvgIpc) is 2.53. The van der Waals surface area contributed by atoms with Gasteiger partial charge in [0.2, 0.25) is 10.0 Å². The molecule has 1 atom stereocenters. The van der Waals surface area contributed by atoms with E-state index in [2.05, 4.69) is 4.72 Å². The van der Waals surface area contributed by atoms with E-state index in [1.165, 1.54) is 19.3 Å². The predicted octanol–water partition coefficient (Wildman–Crippen LogP) is 2.44. The van der Waals surface area contributed by atoms with Crippen molar-refractivity contribution < 1.29 is 13.2 Å². The van der Waals surface area contributed by atoms with Gasteiger partial charge in [0.15, 0.2) is 0 Å². The number of methoxy groups -OCH3 is 1. The van der Waals surface area contributed by atoms with Crippen LogP contribution in [0.2, 0.25) is 0 Å². The zero-order valence-electron chi connectivity index (χ0n) is 13.5. The SMILES string of the molecule is COc1cccc(CS(=O)(=O)NC(CN)C2CCCCC2)c1.Cl. The van der Waals surface area contributed by atoms with Gasteiger partial charge in [0.25, 0.3) is 0 Å². The molecular formula is C16H27ClN2O3S. The quantitative estimate of drug-likeness (QED) is 0.780. The van der Waals surface area contributed by atoms with Crippen LogP contribution in [0.25, 0.3) is 0 Å². The van der Waals surface area contributed by atoms with Gasteiger partial charge in [-0.2, -0.15) is 0 Å². The Morgan fingerprint density at radius 2 is 2.00 bits per heavy atom. The molecule has 7 heteroatoms. The van der Waals surface area contributed by atoms with Crippen LogP contribution < -0.4 is 15.2 Å². The van der Waals surface area contributed by atoms with Gasteiger partial charge in [-0.1, -0.05) is 31.4 Å². The first-order chi connectivity index (χ1) is 10.5. The molecule has 1 unspecified atom stereocenters. The summed E-state index contributed by atoms with van der Waals surface area (Å²) in [5.74, 6) is 0.974. The molecule has 1 fully saturated rings. The summed E-state index contributed by atoms with van der Waals surface area (Å²) in [6.07, 6.45) is 5.69. The minimum absolute atomic E-state index is 0. The van der Waals surface area contributed by atoms with Gasteiger partial charge in [0.05, 0.1) is 12.9 Å². The molecule has 23 heavy (non-hydrogen) atoms. The van der Waals surface area contributed by atoms with Gasteiger partial charge in [-0.15, -0.1) is 12.4 Å². The summed E-state index contributed by atoms with van der Waals surface area (Å²) < 4.78 is 32.7. The van der Waals surface area contributed by atoms with Crippen LogP contribution in [0.15, 0.2) is 24.3 Å². The van der Waals surface area contributed by atoms with E-state index in [0.717, 1.165) is 12.8 Å². The molecule has 1 aromatic rings. The summed E-state index contributed by atoms with van der Waals surface area (Å²) in [4.78, 5) is 0. The van der Waals surface area contributed by atoms with Crippen molar-refractivity contribution in [1.29, 1.82) is 0 Å². The second kappa shape index (κ2) is 9.47. The molecule has 0 aromatic heterocycles. The van der Waals surface area contributed by atoms with Gasteiger partial charge in [-0.25, -0.2) is 13.1 Å². The Morgan fingerprint density at radius 1 is 1.30 bits per heavy atom. The van der Waals surface area contributed by atoms with Gasteiger partial charge in [-0.05, 0) is 36.5 Å². The Hall–Kier alpha value is -0.820. The topological polar surface area (TPSA) is 81.4 Å². The predicted molar refractivity (Wildman–Crippen MR) is 95.4 cm³/mol. The molecule has 0 saturated heterocycles. The second-order valence-corrected chi connectivity index (χ2v) is 7.72. The summed E-state index contributed by atoms with van der Waals surface area (Å²) in [7, 11) is -1.84. The standard InChI is InChI=1S/C16H26N2O3S.ClH/c1-21-15-9-5-6-13(10-15)12-22(19,20)18-16(11-17)14-7-3-2-4-8-14;/h5-6,9-10,14,16,18H,2-4,7-8,11-12,17H2,1H3;1H. The van der Waals surface area contributed by atoms with Crippen LogP contribution in [-0.4, -0.2) is 28.1 Å². The third kappa shape index (κ3) is 6.30. The third-order valence-electron chi connectivity index (χ3n) is 4.29. The zero-order chi connectivity index (χ0) is 16.0. The van der Waals surface area contributed by atoms with Gasteiger partial charge in [-0.3, -0.25) is 0 Å². The number of sulfonamides is 1. The maximum atomic E-state index is 12.4. The monoisotopic (exact) mass is 362 g/mol. The Morgan fingerprint density at radius 3 is 2.61 bits per heavy atom. The Bertz CT molecular complexity index is 574. The fourth-order valence-electron chi connectivity index (χ4n) is 3.13. The van der Waals surface area contributed by atoms with E-state index in [9.17, 15) is 8.42 Å². The van der Waals surface area contributed by atoms with E-state index in [1.807, 2.05) is 0 Å². The number of rotatable bonds is 7. The highest BCUT2D eigenvalue weighted by molar-refractivity contribution is 7.88. The van der Waals surface area contributed by atoms with Gasteiger partial charge in [0.1, 0.15) is 5.75 Å². The maximum Gasteiger partial charge on any atom is 0.216 e. The smallest absolute Gasteiger partial charge is 0.216 e. The molecule has 0 spiro atoms. The van der Waals surface area contributed by atoms with E-state index in [4.69, 9.17) is 10.5 Å². The van der Waals surface area contributed by atoms with E-state index < -0.39 is 10.0 Å². The molecule has 5 nitrogen and oxygen atoms in total. The van der Waals surface area contributed by atoms with Crippen molar-refractivity contribution >= 4 is 22.4 Å². The van der Waals surface area contributed by atoms with Crippen LogP contribution in [-0.2, 0) is 15.8 Å². The first-order valence-electron chi connectivity index (χ1n) is 7.87. The van der Waals surface area contributed by atoms with Crippen LogP contribution in [0, 0.1) is 5.92 Å². The Kier molecular flexibility index (Phi) is 8.33. The zero-order valence-corrected chi connectivity index (χ0v) is 15.2. The number of ether oxygens (including phenoxy) is 1. The minimum Gasteiger partial charge on any atom is -0.497 e. The molecule has 1 aliphatic rings. The van der Waals surface area contributed by atoms with Crippen LogP contribution in [0.1, 0.15) is 37.7 Å². The lowest BCUT2D eigenvalue weighted by Gasteiger charge is -2.29. The summed E-state index contributed by atoms with van der Waals surface area (Å²) in [6, 6.07) is 6.98. The van der Waals surface area contributed by atoms with Crippen molar-refractivity contribution in [2.24, 2.45) is 11.7 Å². The third-order valence-corrected chi connectivity index (χ3v) is 5.67. The van der Waals surface area contributed by atoms with E-state index in [1.54, 1.807) is 31.4 Å². The average molecular weight is 363 g/mol. The lowest BCUT2D eigenvalue weighted by molar-refractivity contribution is 0.294. The van der Waals surface area contributed by atoms with Crippen molar-refractivity contribution in [3.05, 3.63) is 29.8 Å². The summed E-state index contributed by atoms with van der Waals surface area (Å²) in [6.45, 7) is 0.349. The van der Waals surface area contributed by atoms with Crippen LogP contribution >= 0.6 is 12.4 Å². The molecule has 3 N–H and O–H groups in total. The summed E-state index contributed by atoms with van der Waals surface area (Å²) >= 11 is 0.